The lowest BCUT2D eigenvalue weighted by molar-refractivity contribution is 0.0945. The predicted molar refractivity (Wildman–Crippen MR) is 60.3 cm³/mol. The second-order valence-corrected chi connectivity index (χ2v) is 3.75. The number of nitrogens with two attached hydrogens (primary N) is 1. The van der Waals surface area contributed by atoms with E-state index >= 15 is 0 Å². The number of aromatic hydroxyl groups is 2. The number of phenolic OH excluding ortho intramolecular Hbond substituents is 2. The standard InChI is InChI=1S/C11H16N2O3/c1-7(5-12)6-13-11(16)9-4-8(14)2-3-10(9)15/h2-4,7,14-15H,5-6,12H2,1H3,(H,13,16). The Morgan fingerprint density at radius 3 is 2.81 bits per heavy atom. The van der Waals surface area contributed by atoms with E-state index in [0.29, 0.717) is 13.1 Å². The fourth-order valence-corrected chi connectivity index (χ4v) is 1.15. The van der Waals surface area contributed by atoms with Crippen LogP contribution in [0.5, 0.6) is 11.5 Å². The number of benzene rings is 1. The molecular weight excluding hydrogens is 208 g/mol. The Balaban J connectivity index is 2.69. The number of nitrogens with one attached hydrogen (secondary N) is 1. The lowest BCUT2D eigenvalue weighted by Gasteiger charge is -2.10. The summed E-state index contributed by atoms with van der Waals surface area (Å²) >= 11 is 0. The van der Waals surface area contributed by atoms with E-state index in [9.17, 15) is 15.0 Å². The molecule has 0 aliphatic carbocycles. The van der Waals surface area contributed by atoms with E-state index in [-0.39, 0.29) is 23.0 Å². The van der Waals surface area contributed by atoms with Crippen LogP contribution in [0.3, 0.4) is 0 Å². The zero-order chi connectivity index (χ0) is 12.1. The molecule has 0 heterocycles. The molecule has 1 aromatic rings. The molecule has 1 atom stereocenters. The maximum Gasteiger partial charge on any atom is 0.255 e. The van der Waals surface area contributed by atoms with Gasteiger partial charge >= 0.3 is 0 Å². The van der Waals surface area contributed by atoms with Gasteiger partial charge in [-0.2, -0.15) is 0 Å². The normalized spacial score (nSPS) is 12.1. The van der Waals surface area contributed by atoms with Crippen molar-refractivity contribution in [1.29, 1.82) is 0 Å². The second kappa shape index (κ2) is 5.37. The predicted octanol–water partition coefficient (Wildman–Crippen LogP) is 0.422. The lowest BCUT2D eigenvalue weighted by atomic mass is 10.1. The van der Waals surface area contributed by atoms with Crippen molar-refractivity contribution in [3.8, 4) is 11.5 Å². The Hall–Kier alpha value is -1.75. The van der Waals surface area contributed by atoms with Crippen molar-refractivity contribution in [2.75, 3.05) is 13.1 Å². The van der Waals surface area contributed by atoms with E-state index in [1.54, 1.807) is 0 Å². The van der Waals surface area contributed by atoms with Gasteiger partial charge in [0.05, 0.1) is 5.56 Å². The van der Waals surface area contributed by atoms with Crippen LogP contribution in [0.15, 0.2) is 18.2 Å². The van der Waals surface area contributed by atoms with E-state index in [1.165, 1.54) is 18.2 Å². The molecule has 16 heavy (non-hydrogen) atoms. The fraction of sp³-hybridized carbons (Fsp3) is 0.364. The maximum absolute atomic E-state index is 11.6. The molecule has 1 rings (SSSR count). The maximum atomic E-state index is 11.6. The highest BCUT2D eigenvalue weighted by Gasteiger charge is 2.12. The van der Waals surface area contributed by atoms with Crippen molar-refractivity contribution in [2.45, 2.75) is 6.92 Å². The summed E-state index contributed by atoms with van der Waals surface area (Å²) in [5.41, 5.74) is 5.47. The van der Waals surface area contributed by atoms with Crippen LogP contribution in [0.1, 0.15) is 17.3 Å². The molecule has 88 valence electrons. The number of carbonyl (C=O) groups excluding carboxylic acids is 1. The molecule has 0 spiro atoms. The smallest absolute Gasteiger partial charge is 0.255 e. The quantitative estimate of drug-likeness (QED) is 0.557. The molecule has 0 aliphatic heterocycles. The van der Waals surface area contributed by atoms with Crippen molar-refractivity contribution in [1.82, 2.24) is 5.32 Å². The molecule has 0 fully saturated rings. The minimum Gasteiger partial charge on any atom is -0.508 e. The zero-order valence-electron chi connectivity index (χ0n) is 9.10. The van der Waals surface area contributed by atoms with E-state index in [4.69, 9.17) is 5.73 Å². The molecule has 1 aromatic carbocycles. The monoisotopic (exact) mass is 224 g/mol. The molecule has 5 nitrogen and oxygen atoms in total. The van der Waals surface area contributed by atoms with Crippen LogP contribution in [0, 0.1) is 5.92 Å². The fourth-order valence-electron chi connectivity index (χ4n) is 1.15. The van der Waals surface area contributed by atoms with Crippen LogP contribution in [0.2, 0.25) is 0 Å². The van der Waals surface area contributed by atoms with Crippen LogP contribution in [-0.4, -0.2) is 29.2 Å². The van der Waals surface area contributed by atoms with Crippen LogP contribution in [0.4, 0.5) is 0 Å². The Morgan fingerprint density at radius 1 is 1.50 bits per heavy atom. The second-order valence-electron chi connectivity index (χ2n) is 3.75. The number of phenols is 2. The number of hydrogen-bond donors (Lipinski definition) is 4. The number of rotatable bonds is 4. The average Bonchev–Trinajstić information content (AvgIpc) is 2.28. The van der Waals surface area contributed by atoms with E-state index < -0.39 is 5.91 Å². The first kappa shape index (κ1) is 12.3. The molecule has 0 saturated heterocycles. The van der Waals surface area contributed by atoms with Gasteiger partial charge in [0.1, 0.15) is 11.5 Å². The first-order chi connectivity index (χ1) is 7.54. The zero-order valence-corrected chi connectivity index (χ0v) is 9.10. The van der Waals surface area contributed by atoms with E-state index in [2.05, 4.69) is 5.32 Å². The lowest BCUT2D eigenvalue weighted by Crippen LogP contribution is -2.31. The first-order valence-corrected chi connectivity index (χ1v) is 5.05. The summed E-state index contributed by atoms with van der Waals surface area (Å²) in [6, 6.07) is 3.81. The van der Waals surface area contributed by atoms with Gasteiger partial charge in [-0.3, -0.25) is 4.79 Å². The van der Waals surface area contributed by atoms with E-state index in [1.807, 2.05) is 6.92 Å². The van der Waals surface area contributed by atoms with Crippen molar-refractivity contribution in [3.05, 3.63) is 23.8 Å². The molecule has 0 aromatic heterocycles. The van der Waals surface area contributed by atoms with Gasteiger partial charge in [0.25, 0.3) is 5.91 Å². The van der Waals surface area contributed by atoms with Gasteiger partial charge in [-0.1, -0.05) is 6.92 Å². The minimum atomic E-state index is -0.422. The Labute approximate surface area is 93.9 Å². The Morgan fingerprint density at radius 2 is 2.19 bits per heavy atom. The van der Waals surface area contributed by atoms with Crippen molar-refractivity contribution in [3.63, 3.8) is 0 Å². The third kappa shape index (κ3) is 3.13. The summed E-state index contributed by atoms with van der Waals surface area (Å²) in [6.45, 7) is 2.82. The summed E-state index contributed by atoms with van der Waals surface area (Å²) in [5, 5.41) is 21.3. The number of hydrogen-bond acceptors (Lipinski definition) is 4. The highest BCUT2D eigenvalue weighted by molar-refractivity contribution is 5.97. The summed E-state index contributed by atoms with van der Waals surface area (Å²) in [6.07, 6.45) is 0. The van der Waals surface area contributed by atoms with E-state index in [0.717, 1.165) is 0 Å². The van der Waals surface area contributed by atoms with Crippen molar-refractivity contribution >= 4 is 5.91 Å². The Kier molecular flexibility index (Phi) is 4.13. The number of carbonyl (C=O) groups is 1. The number of amides is 1. The molecule has 0 aliphatic rings. The molecule has 5 N–H and O–H groups in total. The average molecular weight is 224 g/mol. The van der Waals surface area contributed by atoms with Crippen LogP contribution >= 0.6 is 0 Å². The summed E-state index contributed by atoms with van der Waals surface area (Å²) in [5.74, 6) is -0.470. The summed E-state index contributed by atoms with van der Waals surface area (Å²) in [4.78, 5) is 11.6. The topological polar surface area (TPSA) is 95.6 Å². The third-order valence-electron chi connectivity index (χ3n) is 2.24. The van der Waals surface area contributed by atoms with Gasteiger partial charge in [-0.25, -0.2) is 0 Å². The molecular formula is C11H16N2O3. The third-order valence-corrected chi connectivity index (χ3v) is 2.24. The Bertz CT molecular complexity index is 379. The molecule has 1 amide bonds. The highest BCUT2D eigenvalue weighted by atomic mass is 16.3. The van der Waals surface area contributed by atoms with Crippen LogP contribution in [0.25, 0.3) is 0 Å². The van der Waals surface area contributed by atoms with Crippen molar-refractivity contribution in [2.24, 2.45) is 11.7 Å². The van der Waals surface area contributed by atoms with Gasteiger partial charge in [0, 0.05) is 6.54 Å². The van der Waals surface area contributed by atoms with Crippen LogP contribution in [-0.2, 0) is 0 Å². The highest BCUT2D eigenvalue weighted by Crippen LogP contribution is 2.21. The first-order valence-electron chi connectivity index (χ1n) is 5.05. The molecule has 0 bridgehead atoms. The van der Waals surface area contributed by atoms with Gasteiger partial charge < -0.3 is 21.3 Å². The molecule has 0 saturated carbocycles. The summed E-state index contributed by atoms with van der Waals surface area (Å²) in [7, 11) is 0. The minimum absolute atomic E-state index is 0.0595. The van der Waals surface area contributed by atoms with Gasteiger partial charge in [-0.15, -0.1) is 0 Å². The molecule has 1 unspecified atom stereocenters. The summed E-state index contributed by atoms with van der Waals surface area (Å²) < 4.78 is 0. The molecule has 5 heteroatoms. The van der Waals surface area contributed by atoms with Gasteiger partial charge in [0.15, 0.2) is 0 Å². The molecule has 0 radical (unpaired) electrons. The van der Waals surface area contributed by atoms with Gasteiger partial charge in [0.2, 0.25) is 0 Å². The SMILES string of the molecule is CC(CN)CNC(=O)c1cc(O)ccc1O. The van der Waals surface area contributed by atoms with Crippen molar-refractivity contribution < 1.29 is 15.0 Å². The largest absolute Gasteiger partial charge is 0.508 e. The van der Waals surface area contributed by atoms with Gasteiger partial charge in [-0.05, 0) is 30.7 Å². The van der Waals surface area contributed by atoms with Crippen LogP contribution < -0.4 is 11.1 Å².